The zero-order valence-electron chi connectivity index (χ0n) is 15.0. The SMILES string of the molecule is Cc1ccc(N(C)C)cc1NC(=O)NCCN1CCCCC1CO. The Labute approximate surface area is 144 Å². The number of benzene rings is 1. The van der Waals surface area contributed by atoms with E-state index in [0.29, 0.717) is 6.54 Å². The van der Waals surface area contributed by atoms with Crippen LogP contribution in [0.2, 0.25) is 0 Å². The van der Waals surface area contributed by atoms with Crippen LogP contribution in [0.25, 0.3) is 0 Å². The molecule has 2 amide bonds. The van der Waals surface area contributed by atoms with Crippen LogP contribution >= 0.6 is 0 Å². The molecule has 1 heterocycles. The molecule has 0 saturated carbocycles. The summed E-state index contributed by atoms with van der Waals surface area (Å²) in [6.45, 7) is 4.53. The fourth-order valence-corrected chi connectivity index (χ4v) is 3.06. The molecule has 2 rings (SSSR count). The summed E-state index contributed by atoms with van der Waals surface area (Å²) in [4.78, 5) is 16.4. The van der Waals surface area contributed by atoms with E-state index in [4.69, 9.17) is 0 Å². The lowest BCUT2D eigenvalue weighted by Gasteiger charge is -2.34. The van der Waals surface area contributed by atoms with E-state index in [0.717, 1.165) is 36.4 Å². The second-order valence-corrected chi connectivity index (χ2v) is 6.64. The smallest absolute Gasteiger partial charge is 0.319 e. The third-order valence-electron chi connectivity index (χ3n) is 4.63. The summed E-state index contributed by atoms with van der Waals surface area (Å²) in [5, 5.41) is 15.3. The lowest BCUT2D eigenvalue weighted by molar-refractivity contribution is 0.0917. The van der Waals surface area contributed by atoms with Crippen LogP contribution in [0.15, 0.2) is 18.2 Å². The van der Waals surface area contributed by atoms with Gasteiger partial charge < -0.3 is 20.6 Å². The molecule has 3 N–H and O–H groups in total. The van der Waals surface area contributed by atoms with Gasteiger partial charge in [-0.05, 0) is 44.0 Å². The highest BCUT2D eigenvalue weighted by Gasteiger charge is 2.21. The normalized spacial score (nSPS) is 18.2. The van der Waals surface area contributed by atoms with Crippen molar-refractivity contribution >= 4 is 17.4 Å². The van der Waals surface area contributed by atoms with E-state index in [2.05, 4.69) is 15.5 Å². The number of urea groups is 1. The van der Waals surface area contributed by atoms with Gasteiger partial charge in [0, 0.05) is 44.6 Å². The van der Waals surface area contributed by atoms with Gasteiger partial charge in [-0.1, -0.05) is 12.5 Å². The molecular formula is C18H30N4O2. The number of anilines is 2. The summed E-state index contributed by atoms with van der Waals surface area (Å²) >= 11 is 0. The number of carbonyl (C=O) groups is 1. The Balaban J connectivity index is 1.82. The highest BCUT2D eigenvalue weighted by Crippen LogP contribution is 2.21. The second kappa shape index (κ2) is 8.89. The van der Waals surface area contributed by atoms with Gasteiger partial charge >= 0.3 is 6.03 Å². The quantitative estimate of drug-likeness (QED) is 0.745. The Bertz CT molecular complexity index is 548. The summed E-state index contributed by atoms with van der Waals surface area (Å²) < 4.78 is 0. The van der Waals surface area contributed by atoms with E-state index in [1.54, 1.807) is 0 Å². The van der Waals surface area contributed by atoms with Crippen molar-refractivity contribution in [2.45, 2.75) is 32.2 Å². The van der Waals surface area contributed by atoms with E-state index < -0.39 is 0 Å². The monoisotopic (exact) mass is 334 g/mol. The van der Waals surface area contributed by atoms with E-state index in [1.807, 2.05) is 44.1 Å². The first kappa shape index (κ1) is 18.5. The molecule has 1 unspecified atom stereocenters. The van der Waals surface area contributed by atoms with Crippen molar-refractivity contribution in [1.82, 2.24) is 10.2 Å². The molecule has 1 saturated heterocycles. The minimum absolute atomic E-state index is 0.188. The maximum absolute atomic E-state index is 12.1. The van der Waals surface area contributed by atoms with Crippen molar-refractivity contribution in [3.63, 3.8) is 0 Å². The highest BCUT2D eigenvalue weighted by atomic mass is 16.3. The molecule has 0 radical (unpaired) electrons. The minimum atomic E-state index is -0.188. The molecule has 1 aromatic carbocycles. The summed E-state index contributed by atoms with van der Waals surface area (Å²) in [7, 11) is 3.95. The Kier molecular flexibility index (Phi) is 6.87. The van der Waals surface area contributed by atoms with Crippen LogP contribution in [0.5, 0.6) is 0 Å². The van der Waals surface area contributed by atoms with Gasteiger partial charge in [-0.2, -0.15) is 0 Å². The lowest BCUT2D eigenvalue weighted by Crippen LogP contribution is -2.46. The fraction of sp³-hybridized carbons (Fsp3) is 0.611. The molecule has 1 aromatic rings. The number of hydrogen-bond donors (Lipinski definition) is 3. The molecule has 6 nitrogen and oxygen atoms in total. The number of aryl methyl sites for hydroxylation is 1. The number of rotatable bonds is 6. The topological polar surface area (TPSA) is 67.8 Å². The summed E-state index contributed by atoms with van der Waals surface area (Å²) in [6.07, 6.45) is 3.38. The van der Waals surface area contributed by atoms with Crippen LogP contribution in [0, 0.1) is 6.92 Å². The average Bonchev–Trinajstić information content (AvgIpc) is 2.57. The fourth-order valence-electron chi connectivity index (χ4n) is 3.06. The van der Waals surface area contributed by atoms with Crippen LogP contribution < -0.4 is 15.5 Å². The van der Waals surface area contributed by atoms with Gasteiger partial charge in [0.2, 0.25) is 0 Å². The van der Waals surface area contributed by atoms with Crippen molar-refractivity contribution in [3.05, 3.63) is 23.8 Å². The molecule has 0 spiro atoms. The molecule has 134 valence electrons. The van der Waals surface area contributed by atoms with Crippen molar-refractivity contribution in [2.75, 3.05) is 50.6 Å². The van der Waals surface area contributed by atoms with Crippen molar-refractivity contribution in [1.29, 1.82) is 0 Å². The van der Waals surface area contributed by atoms with Gasteiger partial charge in [-0.25, -0.2) is 4.79 Å². The number of amides is 2. The van der Waals surface area contributed by atoms with Gasteiger partial charge in [0.1, 0.15) is 0 Å². The molecule has 1 fully saturated rings. The van der Waals surface area contributed by atoms with Crippen LogP contribution in [0.1, 0.15) is 24.8 Å². The first-order valence-electron chi connectivity index (χ1n) is 8.69. The van der Waals surface area contributed by atoms with Gasteiger partial charge in [-0.15, -0.1) is 0 Å². The number of aliphatic hydroxyl groups is 1. The molecule has 1 atom stereocenters. The van der Waals surface area contributed by atoms with Gasteiger partial charge in [-0.3, -0.25) is 4.90 Å². The Morgan fingerprint density at radius 2 is 2.17 bits per heavy atom. The first-order chi connectivity index (χ1) is 11.5. The molecule has 24 heavy (non-hydrogen) atoms. The minimum Gasteiger partial charge on any atom is -0.395 e. The maximum Gasteiger partial charge on any atom is 0.319 e. The third-order valence-corrected chi connectivity index (χ3v) is 4.63. The lowest BCUT2D eigenvalue weighted by atomic mass is 10.0. The Morgan fingerprint density at radius 3 is 2.88 bits per heavy atom. The Hall–Kier alpha value is -1.79. The maximum atomic E-state index is 12.1. The zero-order valence-corrected chi connectivity index (χ0v) is 15.0. The van der Waals surface area contributed by atoms with E-state index in [9.17, 15) is 9.90 Å². The summed E-state index contributed by atoms with van der Waals surface area (Å²) in [6, 6.07) is 6.06. The van der Waals surface area contributed by atoms with Crippen molar-refractivity contribution in [2.24, 2.45) is 0 Å². The van der Waals surface area contributed by atoms with Gasteiger partial charge in [0.15, 0.2) is 0 Å². The number of piperidine rings is 1. The highest BCUT2D eigenvalue weighted by molar-refractivity contribution is 5.90. The predicted molar refractivity (Wildman–Crippen MR) is 98.8 cm³/mol. The number of likely N-dealkylation sites (tertiary alicyclic amines) is 1. The van der Waals surface area contributed by atoms with Gasteiger partial charge in [0.25, 0.3) is 0 Å². The number of nitrogens with one attached hydrogen (secondary N) is 2. The number of carbonyl (C=O) groups excluding carboxylic acids is 1. The molecule has 0 aliphatic carbocycles. The average molecular weight is 334 g/mol. The third kappa shape index (κ3) is 5.11. The van der Waals surface area contributed by atoms with E-state index in [1.165, 1.54) is 12.8 Å². The molecule has 6 heteroatoms. The summed E-state index contributed by atoms with van der Waals surface area (Å²) in [5.74, 6) is 0. The second-order valence-electron chi connectivity index (χ2n) is 6.64. The van der Waals surface area contributed by atoms with Crippen LogP contribution in [0.3, 0.4) is 0 Å². The van der Waals surface area contributed by atoms with Crippen LogP contribution in [-0.4, -0.2) is 62.4 Å². The van der Waals surface area contributed by atoms with Crippen molar-refractivity contribution in [3.8, 4) is 0 Å². The molecule has 0 bridgehead atoms. The predicted octanol–water partition coefficient (Wildman–Crippen LogP) is 2.03. The standard InChI is InChI=1S/C18H30N4O2/c1-14-7-8-15(21(2)3)12-17(14)20-18(24)19-9-11-22-10-5-4-6-16(22)13-23/h7-8,12,16,23H,4-6,9-11,13H2,1-3H3,(H2,19,20,24). The molecule has 1 aliphatic heterocycles. The van der Waals surface area contributed by atoms with Crippen molar-refractivity contribution < 1.29 is 9.90 Å². The largest absolute Gasteiger partial charge is 0.395 e. The molecule has 1 aliphatic rings. The number of nitrogens with zero attached hydrogens (tertiary/aromatic N) is 2. The molecule has 0 aromatic heterocycles. The van der Waals surface area contributed by atoms with Crippen LogP contribution in [-0.2, 0) is 0 Å². The zero-order chi connectivity index (χ0) is 17.5. The summed E-state index contributed by atoms with van der Waals surface area (Å²) in [5.41, 5.74) is 2.91. The number of aliphatic hydroxyl groups excluding tert-OH is 1. The Morgan fingerprint density at radius 1 is 1.38 bits per heavy atom. The molecular weight excluding hydrogens is 304 g/mol. The van der Waals surface area contributed by atoms with Gasteiger partial charge in [0.05, 0.1) is 6.61 Å². The first-order valence-corrected chi connectivity index (χ1v) is 8.69. The number of hydrogen-bond acceptors (Lipinski definition) is 4. The van der Waals surface area contributed by atoms with E-state index >= 15 is 0 Å². The van der Waals surface area contributed by atoms with Crippen LogP contribution in [0.4, 0.5) is 16.2 Å². The van der Waals surface area contributed by atoms with E-state index in [-0.39, 0.29) is 18.7 Å².